The summed E-state index contributed by atoms with van der Waals surface area (Å²) in [6, 6.07) is 10.5. The number of carbonyl (C=O) groups is 1. The molecule has 174 valence electrons. The first kappa shape index (κ1) is 23.0. The number of pyridine rings is 1. The van der Waals surface area contributed by atoms with Gasteiger partial charge in [0.15, 0.2) is 5.82 Å². The molecule has 1 fully saturated rings. The zero-order valence-corrected chi connectivity index (χ0v) is 19.2. The average Bonchev–Trinajstić information content (AvgIpc) is 3.37. The van der Waals surface area contributed by atoms with Gasteiger partial charge in [0.2, 0.25) is 0 Å². The van der Waals surface area contributed by atoms with E-state index >= 15 is 0 Å². The SMILES string of the molecule is CCC[C@H](C(=O)O)[C@H](Cc1cccc(-c2cncc(CN3CCCCC3)c2)c1)c1nn[nH]n1. The molecule has 1 aliphatic heterocycles. The molecule has 8 heteroatoms. The molecule has 8 nitrogen and oxygen atoms in total. The predicted molar refractivity (Wildman–Crippen MR) is 125 cm³/mol. The standard InChI is InChI=1S/C25H32N6O2/c1-2-7-22(25(32)33)23(24-27-29-30-28-24)14-18-8-6-9-20(12-18)21-13-19(15-26-16-21)17-31-10-4-3-5-11-31/h6,8-9,12-13,15-16,22-23H,2-5,7,10-11,14,17H2,1H3,(H,32,33)(H,27,28,29,30)/t22-,23-/m0/s1. The van der Waals surface area contributed by atoms with Gasteiger partial charge < -0.3 is 5.11 Å². The third-order valence-corrected chi connectivity index (χ3v) is 6.46. The van der Waals surface area contributed by atoms with Crippen molar-refractivity contribution in [3.05, 3.63) is 59.7 Å². The summed E-state index contributed by atoms with van der Waals surface area (Å²) < 4.78 is 0. The molecule has 1 aromatic carbocycles. The van der Waals surface area contributed by atoms with Crippen LogP contribution in [0.2, 0.25) is 0 Å². The molecule has 0 aliphatic carbocycles. The minimum atomic E-state index is -0.822. The molecule has 0 bridgehead atoms. The zero-order chi connectivity index (χ0) is 23.0. The summed E-state index contributed by atoms with van der Waals surface area (Å²) in [5.41, 5.74) is 4.42. The zero-order valence-electron chi connectivity index (χ0n) is 19.2. The first-order chi connectivity index (χ1) is 16.1. The van der Waals surface area contributed by atoms with E-state index in [9.17, 15) is 9.90 Å². The Bertz CT molecular complexity index is 1030. The van der Waals surface area contributed by atoms with Crippen molar-refractivity contribution in [2.75, 3.05) is 13.1 Å². The number of likely N-dealkylation sites (tertiary alicyclic amines) is 1. The normalized spacial score (nSPS) is 16.4. The molecule has 0 radical (unpaired) electrons. The molecule has 2 N–H and O–H groups in total. The van der Waals surface area contributed by atoms with Gasteiger partial charge in [0, 0.05) is 30.4 Å². The number of nitrogens with zero attached hydrogens (tertiary/aromatic N) is 5. The summed E-state index contributed by atoms with van der Waals surface area (Å²) in [5, 5.41) is 24.2. The van der Waals surface area contributed by atoms with E-state index in [1.54, 1.807) is 0 Å². The van der Waals surface area contributed by atoms with Gasteiger partial charge in [-0.2, -0.15) is 5.21 Å². The van der Waals surface area contributed by atoms with Crippen LogP contribution in [0.5, 0.6) is 0 Å². The Balaban J connectivity index is 1.55. The highest BCUT2D eigenvalue weighted by Gasteiger charge is 2.32. The predicted octanol–water partition coefficient (Wildman–Crippen LogP) is 4.07. The van der Waals surface area contributed by atoms with E-state index in [0.717, 1.165) is 42.7 Å². The van der Waals surface area contributed by atoms with E-state index < -0.39 is 11.9 Å². The molecule has 1 aliphatic rings. The van der Waals surface area contributed by atoms with E-state index in [2.05, 4.69) is 48.7 Å². The number of aromatic nitrogens is 5. The van der Waals surface area contributed by atoms with E-state index in [1.807, 2.05) is 31.5 Å². The van der Waals surface area contributed by atoms with E-state index in [4.69, 9.17) is 0 Å². The van der Waals surface area contributed by atoms with Crippen LogP contribution in [0.25, 0.3) is 11.1 Å². The van der Waals surface area contributed by atoms with Gasteiger partial charge in [-0.1, -0.05) is 49.2 Å². The molecular weight excluding hydrogens is 416 g/mol. The van der Waals surface area contributed by atoms with Gasteiger partial charge in [0.05, 0.1) is 5.92 Å². The van der Waals surface area contributed by atoms with Gasteiger partial charge in [-0.15, -0.1) is 10.2 Å². The second-order valence-electron chi connectivity index (χ2n) is 8.93. The molecule has 4 rings (SSSR count). The summed E-state index contributed by atoms with van der Waals surface area (Å²) in [4.78, 5) is 19.0. The minimum absolute atomic E-state index is 0.347. The van der Waals surface area contributed by atoms with Crippen LogP contribution in [0.4, 0.5) is 0 Å². The Morgan fingerprint density at radius 3 is 2.67 bits per heavy atom. The summed E-state index contributed by atoms with van der Waals surface area (Å²) >= 11 is 0. The third kappa shape index (κ3) is 6.01. The molecular formula is C25H32N6O2. The van der Waals surface area contributed by atoms with Crippen molar-refractivity contribution in [1.82, 2.24) is 30.5 Å². The van der Waals surface area contributed by atoms with E-state index in [1.165, 1.54) is 24.8 Å². The number of hydrogen-bond acceptors (Lipinski definition) is 6. The maximum Gasteiger partial charge on any atom is 0.307 e. The lowest BCUT2D eigenvalue weighted by Crippen LogP contribution is -2.29. The number of benzene rings is 1. The Kier molecular flexibility index (Phi) is 7.78. The van der Waals surface area contributed by atoms with Crippen LogP contribution in [-0.4, -0.2) is 54.7 Å². The number of nitrogens with one attached hydrogen (secondary N) is 1. The average molecular weight is 449 g/mol. The topological polar surface area (TPSA) is 108 Å². The highest BCUT2D eigenvalue weighted by molar-refractivity contribution is 5.71. The number of rotatable bonds is 10. The van der Waals surface area contributed by atoms with Gasteiger partial charge in [-0.25, -0.2) is 0 Å². The Morgan fingerprint density at radius 1 is 1.12 bits per heavy atom. The molecule has 3 heterocycles. The molecule has 3 aromatic rings. The summed E-state index contributed by atoms with van der Waals surface area (Å²) in [5.74, 6) is -1.28. The second kappa shape index (κ2) is 11.1. The van der Waals surface area contributed by atoms with Gasteiger partial charge in [0.1, 0.15) is 0 Å². The highest BCUT2D eigenvalue weighted by Crippen LogP contribution is 2.31. The van der Waals surface area contributed by atoms with Crippen LogP contribution >= 0.6 is 0 Å². The largest absolute Gasteiger partial charge is 0.481 e. The fourth-order valence-corrected chi connectivity index (χ4v) is 4.79. The van der Waals surface area contributed by atoms with Crippen molar-refractivity contribution in [2.45, 2.75) is 57.9 Å². The van der Waals surface area contributed by atoms with Crippen LogP contribution in [0.3, 0.4) is 0 Å². The number of carboxylic acids is 1. The number of hydrogen-bond donors (Lipinski definition) is 2. The maximum atomic E-state index is 12.0. The fourth-order valence-electron chi connectivity index (χ4n) is 4.79. The number of carboxylic acid groups (broad SMARTS) is 1. The molecule has 33 heavy (non-hydrogen) atoms. The first-order valence-electron chi connectivity index (χ1n) is 11.9. The molecule has 0 amide bonds. The Hall–Kier alpha value is -3.13. The molecule has 0 spiro atoms. The third-order valence-electron chi connectivity index (χ3n) is 6.46. The van der Waals surface area contributed by atoms with Crippen molar-refractivity contribution in [3.63, 3.8) is 0 Å². The second-order valence-corrected chi connectivity index (χ2v) is 8.93. The number of H-pyrrole nitrogens is 1. The van der Waals surface area contributed by atoms with Crippen molar-refractivity contribution < 1.29 is 9.90 Å². The van der Waals surface area contributed by atoms with Crippen LogP contribution in [-0.2, 0) is 17.8 Å². The van der Waals surface area contributed by atoms with Crippen LogP contribution < -0.4 is 0 Å². The monoisotopic (exact) mass is 448 g/mol. The highest BCUT2D eigenvalue weighted by atomic mass is 16.4. The lowest BCUT2D eigenvalue weighted by molar-refractivity contribution is -0.142. The fraction of sp³-hybridized carbons (Fsp3) is 0.480. The smallest absolute Gasteiger partial charge is 0.307 e. The first-order valence-corrected chi connectivity index (χ1v) is 11.9. The number of piperidine rings is 1. The molecule has 2 atom stereocenters. The quantitative estimate of drug-likeness (QED) is 0.481. The molecule has 0 unspecified atom stereocenters. The van der Waals surface area contributed by atoms with Crippen molar-refractivity contribution in [1.29, 1.82) is 0 Å². The minimum Gasteiger partial charge on any atom is -0.481 e. The molecule has 0 saturated carbocycles. The summed E-state index contributed by atoms with van der Waals surface area (Å²) in [7, 11) is 0. The van der Waals surface area contributed by atoms with Gasteiger partial charge in [0.25, 0.3) is 0 Å². The van der Waals surface area contributed by atoms with Crippen LogP contribution in [0.1, 0.15) is 61.9 Å². The Labute approximate surface area is 194 Å². The van der Waals surface area contributed by atoms with E-state index in [-0.39, 0.29) is 5.92 Å². The van der Waals surface area contributed by atoms with Gasteiger partial charge >= 0.3 is 5.97 Å². The number of aliphatic carboxylic acids is 1. The maximum absolute atomic E-state index is 12.0. The lowest BCUT2D eigenvalue weighted by atomic mass is 9.83. The molecule has 1 saturated heterocycles. The Morgan fingerprint density at radius 2 is 1.94 bits per heavy atom. The number of tetrazole rings is 1. The number of aromatic amines is 1. The van der Waals surface area contributed by atoms with Gasteiger partial charge in [-0.3, -0.25) is 14.7 Å². The summed E-state index contributed by atoms with van der Waals surface area (Å²) in [6.07, 6.45) is 9.59. The molecule has 2 aromatic heterocycles. The van der Waals surface area contributed by atoms with Crippen LogP contribution in [0, 0.1) is 5.92 Å². The van der Waals surface area contributed by atoms with E-state index in [0.29, 0.717) is 18.7 Å². The van der Waals surface area contributed by atoms with Crippen molar-refractivity contribution in [3.8, 4) is 11.1 Å². The van der Waals surface area contributed by atoms with Crippen LogP contribution in [0.15, 0.2) is 42.7 Å². The van der Waals surface area contributed by atoms with Gasteiger partial charge in [-0.05, 0) is 61.5 Å². The summed E-state index contributed by atoms with van der Waals surface area (Å²) in [6.45, 7) is 5.23. The van der Waals surface area contributed by atoms with Crippen molar-refractivity contribution in [2.24, 2.45) is 5.92 Å². The lowest BCUT2D eigenvalue weighted by Gasteiger charge is -2.26. The van der Waals surface area contributed by atoms with Crippen molar-refractivity contribution >= 4 is 5.97 Å².